The van der Waals surface area contributed by atoms with Crippen LogP contribution in [0.15, 0.2) is 41.6 Å². The van der Waals surface area contributed by atoms with Crippen molar-refractivity contribution in [3.05, 3.63) is 42.5 Å². The van der Waals surface area contributed by atoms with E-state index in [1.165, 1.54) is 0 Å². The fourth-order valence-corrected chi connectivity index (χ4v) is 2.45. The quantitative estimate of drug-likeness (QED) is 0.805. The van der Waals surface area contributed by atoms with Gasteiger partial charge in [-0.3, -0.25) is 0 Å². The topological polar surface area (TPSA) is 59.0 Å². The maximum atomic E-state index is 11.9. The third kappa shape index (κ3) is 4.53. The van der Waals surface area contributed by atoms with Crippen LogP contribution in [0.25, 0.3) is 0 Å². The molecule has 1 aromatic heterocycles. The summed E-state index contributed by atoms with van der Waals surface area (Å²) in [7, 11) is 0. The van der Waals surface area contributed by atoms with Crippen molar-refractivity contribution in [2.75, 3.05) is 11.6 Å². The average Bonchev–Trinajstić information content (AvgIpc) is 2.93. The van der Waals surface area contributed by atoms with Crippen LogP contribution in [0.4, 0.5) is 10.5 Å². The van der Waals surface area contributed by atoms with Gasteiger partial charge in [-0.15, -0.1) is 11.8 Å². The summed E-state index contributed by atoms with van der Waals surface area (Å²) in [6.07, 6.45) is 6.73. The molecule has 0 atom stereocenters. The van der Waals surface area contributed by atoms with Crippen molar-refractivity contribution in [2.45, 2.75) is 31.3 Å². The van der Waals surface area contributed by atoms with Crippen molar-refractivity contribution in [1.29, 1.82) is 0 Å². The number of hydrogen-bond acceptors (Lipinski definition) is 3. The van der Waals surface area contributed by atoms with Gasteiger partial charge in [-0.25, -0.2) is 9.78 Å². The van der Waals surface area contributed by atoms with Crippen molar-refractivity contribution in [3.8, 4) is 0 Å². The Bertz CT molecular complexity index is 597. The van der Waals surface area contributed by atoms with Gasteiger partial charge in [0, 0.05) is 29.5 Å². The van der Waals surface area contributed by atoms with E-state index in [1.807, 2.05) is 36.7 Å². The predicted molar refractivity (Wildman–Crippen MR) is 86.6 cm³/mol. The molecule has 2 aromatic rings. The lowest BCUT2D eigenvalue weighted by Gasteiger charge is -2.09. The monoisotopic (exact) mass is 304 g/mol. The molecule has 0 fully saturated rings. The van der Waals surface area contributed by atoms with Gasteiger partial charge in [0.2, 0.25) is 0 Å². The highest BCUT2D eigenvalue weighted by atomic mass is 32.2. The second-order valence-electron chi connectivity index (χ2n) is 4.58. The van der Waals surface area contributed by atoms with Gasteiger partial charge in [0.15, 0.2) is 0 Å². The molecular weight excluding hydrogens is 284 g/mol. The van der Waals surface area contributed by atoms with Crippen LogP contribution >= 0.6 is 11.8 Å². The number of rotatable bonds is 6. The number of hydrogen-bond donors (Lipinski definition) is 2. The molecule has 0 aliphatic heterocycles. The molecule has 0 aliphatic rings. The Balaban J connectivity index is 1.88. The molecule has 6 heteroatoms. The molecule has 2 amide bonds. The summed E-state index contributed by atoms with van der Waals surface area (Å²) in [5.41, 5.74) is 0.788. The molecule has 2 rings (SSSR count). The van der Waals surface area contributed by atoms with Crippen molar-refractivity contribution in [2.24, 2.45) is 0 Å². The van der Waals surface area contributed by atoms with Crippen LogP contribution in [-0.4, -0.2) is 21.8 Å². The molecule has 5 nitrogen and oxygen atoms in total. The summed E-state index contributed by atoms with van der Waals surface area (Å²) >= 11 is 1.64. The highest BCUT2D eigenvalue weighted by Gasteiger charge is 2.06. The zero-order valence-electron chi connectivity index (χ0n) is 12.3. The van der Waals surface area contributed by atoms with Crippen LogP contribution in [0.5, 0.6) is 0 Å². The Labute approximate surface area is 129 Å². The van der Waals surface area contributed by atoms with Gasteiger partial charge in [0.25, 0.3) is 0 Å². The standard InChI is InChI=1S/C15H20N4OS/c1-3-8-19-9-7-16-14(19)11-17-15(20)18-12-5-4-6-13(10-12)21-2/h4-7,9-10H,3,8,11H2,1-2H3,(H2,17,18,20). The Morgan fingerprint density at radius 1 is 1.43 bits per heavy atom. The smallest absolute Gasteiger partial charge is 0.319 e. The first kappa shape index (κ1) is 15.4. The molecule has 112 valence electrons. The Hall–Kier alpha value is -1.95. The normalized spacial score (nSPS) is 10.4. The molecule has 0 spiro atoms. The van der Waals surface area contributed by atoms with Gasteiger partial charge < -0.3 is 15.2 Å². The Morgan fingerprint density at radius 2 is 2.29 bits per heavy atom. The number of benzene rings is 1. The number of imidazole rings is 1. The molecule has 0 saturated heterocycles. The van der Waals surface area contributed by atoms with Gasteiger partial charge in [0.05, 0.1) is 6.54 Å². The third-order valence-corrected chi connectivity index (χ3v) is 3.73. The van der Waals surface area contributed by atoms with Gasteiger partial charge >= 0.3 is 6.03 Å². The van der Waals surface area contributed by atoms with E-state index in [-0.39, 0.29) is 6.03 Å². The minimum absolute atomic E-state index is 0.223. The van der Waals surface area contributed by atoms with Gasteiger partial charge in [-0.1, -0.05) is 13.0 Å². The minimum Gasteiger partial charge on any atom is -0.333 e. The van der Waals surface area contributed by atoms with E-state index in [0.717, 1.165) is 29.4 Å². The maximum absolute atomic E-state index is 11.9. The lowest BCUT2D eigenvalue weighted by molar-refractivity contribution is 0.251. The van der Waals surface area contributed by atoms with Crippen LogP contribution < -0.4 is 10.6 Å². The number of nitrogens with one attached hydrogen (secondary N) is 2. The average molecular weight is 304 g/mol. The maximum Gasteiger partial charge on any atom is 0.319 e. The summed E-state index contributed by atoms with van der Waals surface area (Å²) < 4.78 is 2.05. The van der Waals surface area contributed by atoms with Crippen molar-refractivity contribution in [1.82, 2.24) is 14.9 Å². The van der Waals surface area contributed by atoms with Crippen LogP contribution in [0.2, 0.25) is 0 Å². The van der Waals surface area contributed by atoms with Crippen LogP contribution in [0.3, 0.4) is 0 Å². The van der Waals surface area contributed by atoms with Gasteiger partial charge in [-0.2, -0.15) is 0 Å². The number of carbonyl (C=O) groups is 1. The molecule has 0 radical (unpaired) electrons. The number of carbonyl (C=O) groups excluding carboxylic acids is 1. The van der Waals surface area contributed by atoms with Crippen LogP contribution in [0.1, 0.15) is 19.2 Å². The number of anilines is 1. The fourth-order valence-electron chi connectivity index (χ4n) is 1.99. The summed E-state index contributed by atoms with van der Waals surface area (Å²) in [5.74, 6) is 0.866. The molecule has 0 unspecified atom stereocenters. The molecule has 0 bridgehead atoms. The van der Waals surface area contributed by atoms with Crippen molar-refractivity contribution >= 4 is 23.5 Å². The molecular formula is C15H20N4OS. The Morgan fingerprint density at radius 3 is 3.05 bits per heavy atom. The first-order valence-corrected chi connectivity index (χ1v) is 8.14. The van der Waals surface area contributed by atoms with E-state index in [1.54, 1.807) is 18.0 Å². The largest absolute Gasteiger partial charge is 0.333 e. The van der Waals surface area contributed by atoms with Crippen LogP contribution in [-0.2, 0) is 13.1 Å². The Kier molecular flexibility index (Phi) is 5.68. The lowest BCUT2D eigenvalue weighted by Crippen LogP contribution is -2.29. The van der Waals surface area contributed by atoms with E-state index < -0.39 is 0 Å². The molecule has 0 aliphatic carbocycles. The predicted octanol–water partition coefficient (Wildman–Crippen LogP) is 3.34. The highest BCUT2D eigenvalue weighted by molar-refractivity contribution is 7.98. The minimum atomic E-state index is -0.223. The SMILES string of the molecule is CCCn1ccnc1CNC(=O)Nc1cccc(SC)c1. The number of amides is 2. The molecule has 21 heavy (non-hydrogen) atoms. The summed E-state index contributed by atoms with van der Waals surface area (Å²) in [6, 6.07) is 7.53. The number of urea groups is 1. The van der Waals surface area contributed by atoms with E-state index in [4.69, 9.17) is 0 Å². The fraction of sp³-hybridized carbons (Fsp3) is 0.333. The summed E-state index contributed by atoms with van der Waals surface area (Å²) in [5, 5.41) is 5.66. The van der Waals surface area contributed by atoms with Gasteiger partial charge in [0.1, 0.15) is 5.82 Å². The highest BCUT2D eigenvalue weighted by Crippen LogP contribution is 2.18. The van der Waals surface area contributed by atoms with Gasteiger partial charge in [-0.05, 0) is 30.9 Å². The zero-order chi connectivity index (χ0) is 15.1. The number of aromatic nitrogens is 2. The van der Waals surface area contributed by atoms with Crippen LogP contribution in [0, 0.1) is 0 Å². The summed E-state index contributed by atoms with van der Waals surface area (Å²) in [6.45, 7) is 3.44. The van der Waals surface area contributed by atoms with E-state index in [2.05, 4.69) is 27.1 Å². The number of nitrogens with zero attached hydrogens (tertiary/aromatic N) is 2. The molecule has 0 saturated carbocycles. The third-order valence-electron chi connectivity index (χ3n) is 3.00. The number of thioether (sulfide) groups is 1. The summed E-state index contributed by atoms with van der Waals surface area (Å²) in [4.78, 5) is 17.3. The van der Waals surface area contributed by atoms with E-state index in [0.29, 0.717) is 6.54 Å². The second kappa shape index (κ2) is 7.73. The lowest BCUT2D eigenvalue weighted by atomic mass is 10.3. The molecule has 1 heterocycles. The second-order valence-corrected chi connectivity index (χ2v) is 5.46. The zero-order valence-corrected chi connectivity index (χ0v) is 13.1. The molecule has 1 aromatic carbocycles. The number of aryl methyl sites for hydroxylation is 1. The van der Waals surface area contributed by atoms with E-state index >= 15 is 0 Å². The van der Waals surface area contributed by atoms with Crippen molar-refractivity contribution < 1.29 is 4.79 Å². The first-order chi connectivity index (χ1) is 10.2. The van der Waals surface area contributed by atoms with Crippen molar-refractivity contribution in [3.63, 3.8) is 0 Å². The first-order valence-electron chi connectivity index (χ1n) is 6.92. The van der Waals surface area contributed by atoms with E-state index in [9.17, 15) is 4.79 Å². The molecule has 2 N–H and O–H groups in total.